The van der Waals surface area contributed by atoms with Crippen molar-refractivity contribution in [2.45, 2.75) is 43.8 Å². The third-order valence-electron chi connectivity index (χ3n) is 4.35. The maximum atomic E-state index is 11.4. The van der Waals surface area contributed by atoms with Gasteiger partial charge in [0, 0.05) is 0 Å². The average molecular weight is 374 g/mol. The van der Waals surface area contributed by atoms with Gasteiger partial charge in [-0.2, -0.15) is 0 Å². The number of halogens is 1. The molecule has 6 nitrogen and oxygen atoms in total. The van der Waals surface area contributed by atoms with Crippen molar-refractivity contribution < 1.29 is 22.8 Å². The van der Waals surface area contributed by atoms with Crippen LogP contribution in [0.4, 0.5) is 0 Å². The van der Waals surface area contributed by atoms with Crippen LogP contribution in [0.25, 0.3) is 6.08 Å². The Balaban J connectivity index is 2.34. The van der Waals surface area contributed by atoms with Gasteiger partial charge >= 0.3 is 7.12 Å². The molecule has 1 aliphatic heterocycles. The number of benzene rings is 1. The van der Waals surface area contributed by atoms with Crippen molar-refractivity contribution in [1.82, 2.24) is 0 Å². The molecule has 1 aromatic rings. The minimum absolute atomic E-state index is 0.0115. The first kappa shape index (κ1) is 19.4. The van der Waals surface area contributed by atoms with Crippen LogP contribution in [0.2, 0.25) is 5.02 Å². The first-order valence-corrected chi connectivity index (χ1v) is 9.29. The van der Waals surface area contributed by atoms with Crippen LogP contribution in [0.3, 0.4) is 0 Å². The summed E-state index contributed by atoms with van der Waals surface area (Å²) in [6.45, 7) is 7.39. The van der Waals surface area contributed by atoms with Gasteiger partial charge in [-0.3, -0.25) is 0 Å². The van der Waals surface area contributed by atoms with Crippen LogP contribution in [0, 0.1) is 0 Å². The maximum Gasteiger partial charge on any atom is 0.492 e. The number of nitrogens with two attached hydrogens (primary N) is 1. The second-order valence-corrected chi connectivity index (χ2v) is 8.64. The highest BCUT2D eigenvalue weighted by molar-refractivity contribution is 7.89. The van der Waals surface area contributed by atoms with Gasteiger partial charge in [-0.05, 0) is 50.9 Å². The monoisotopic (exact) mass is 373 g/mol. The average Bonchev–Trinajstić information content (AvgIpc) is 2.63. The summed E-state index contributed by atoms with van der Waals surface area (Å²) in [6, 6.07) is 4.33. The van der Waals surface area contributed by atoms with Crippen LogP contribution >= 0.6 is 11.6 Å². The fourth-order valence-electron chi connectivity index (χ4n) is 2.23. The summed E-state index contributed by atoms with van der Waals surface area (Å²) in [5.74, 6) is 0. The van der Waals surface area contributed by atoms with Crippen LogP contribution in [0.1, 0.15) is 33.3 Å². The predicted octanol–water partition coefficient (Wildman–Crippen LogP) is 1.99. The van der Waals surface area contributed by atoms with E-state index in [0.717, 1.165) is 0 Å². The van der Waals surface area contributed by atoms with Gasteiger partial charge in [0.05, 0.1) is 22.8 Å². The van der Waals surface area contributed by atoms with E-state index in [-0.39, 0.29) is 16.5 Å². The Labute approximate surface area is 147 Å². The van der Waals surface area contributed by atoms with Crippen molar-refractivity contribution in [3.8, 4) is 0 Å². The third kappa shape index (κ3) is 3.84. The van der Waals surface area contributed by atoms with Gasteiger partial charge in [0.25, 0.3) is 0 Å². The van der Waals surface area contributed by atoms with Crippen molar-refractivity contribution in [2.24, 2.45) is 5.14 Å². The summed E-state index contributed by atoms with van der Waals surface area (Å²) in [7, 11) is -4.58. The molecule has 0 unspecified atom stereocenters. The zero-order valence-electron chi connectivity index (χ0n) is 14.0. The van der Waals surface area contributed by atoms with Crippen LogP contribution in [-0.2, 0) is 19.3 Å². The number of hydrogen-bond acceptors (Lipinski definition) is 5. The smallest absolute Gasteiger partial charge is 0.400 e. The molecule has 0 aromatic heterocycles. The van der Waals surface area contributed by atoms with Crippen molar-refractivity contribution in [3.05, 3.63) is 34.3 Å². The zero-order chi connectivity index (χ0) is 18.3. The van der Waals surface area contributed by atoms with Gasteiger partial charge in [0.2, 0.25) is 10.0 Å². The van der Waals surface area contributed by atoms with Crippen LogP contribution < -0.4 is 5.14 Å². The van der Waals surface area contributed by atoms with E-state index in [2.05, 4.69) is 0 Å². The summed E-state index contributed by atoms with van der Waals surface area (Å²) < 4.78 is 34.6. The minimum Gasteiger partial charge on any atom is -0.400 e. The van der Waals surface area contributed by atoms with Crippen molar-refractivity contribution in [1.29, 1.82) is 0 Å². The zero-order valence-corrected chi connectivity index (χ0v) is 15.6. The normalized spacial score (nSPS) is 20.5. The van der Waals surface area contributed by atoms with Gasteiger partial charge in [0.1, 0.15) is 4.90 Å². The van der Waals surface area contributed by atoms with Crippen molar-refractivity contribution in [3.63, 3.8) is 0 Å². The van der Waals surface area contributed by atoms with Gasteiger partial charge < -0.3 is 14.4 Å². The van der Waals surface area contributed by atoms with Crippen LogP contribution in [0.5, 0.6) is 0 Å². The number of hydrogen-bond donors (Lipinski definition) is 2. The van der Waals surface area contributed by atoms with E-state index < -0.39 is 28.3 Å². The SMILES string of the molecule is CC1(C)OB(C(=Cc2ccc(S(N)(=O)=O)c(Cl)c2)CO)OC1(C)C. The molecule has 1 heterocycles. The maximum absolute atomic E-state index is 11.4. The predicted molar refractivity (Wildman–Crippen MR) is 94.0 cm³/mol. The number of aliphatic hydroxyl groups is 1. The summed E-state index contributed by atoms with van der Waals surface area (Å²) in [6.07, 6.45) is 1.65. The minimum atomic E-state index is -3.88. The molecule has 9 heteroatoms. The summed E-state index contributed by atoms with van der Waals surface area (Å²) in [5.41, 5.74) is 0.0569. The molecule has 1 saturated heterocycles. The molecule has 0 spiro atoms. The fraction of sp³-hybridized carbons (Fsp3) is 0.467. The summed E-state index contributed by atoms with van der Waals surface area (Å²) >= 11 is 5.98. The van der Waals surface area contributed by atoms with Gasteiger partial charge in [0.15, 0.2) is 0 Å². The van der Waals surface area contributed by atoms with E-state index in [9.17, 15) is 13.5 Å². The lowest BCUT2D eigenvalue weighted by Crippen LogP contribution is -2.41. The Bertz CT molecular complexity index is 760. The molecule has 1 aliphatic rings. The number of aliphatic hydroxyl groups excluding tert-OH is 1. The Morgan fingerprint density at radius 2 is 1.83 bits per heavy atom. The van der Waals surface area contributed by atoms with E-state index in [1.165, 1.54) is 12.1 Å². The largest absolute Gasteiger partial charge is 0.492 e. The molecule has 0 saturated carbocycles. The van der Waals surface area contributed by atoms with Gasteiger partial charge in [-0.1, -0.05) is 23.7 Å². The van der Waals surface area contributed by atoms with E-state index in [4.69, 9.17) is 26.0 Å². The number of rotatable bonds is 4. The standard InChI is InChI=1S/C15H21BClNO5S/c1-14(2)15(3,4)23-16(22-14)11(9-19)7-10-5-6-13(12(17)8-10)24(18,20)21/h5-8,19H,9H2,1-4H3,(H2,18,20,21). The summed E-state index contributed by atoms with van der Waals surface area (Å²) in [4.78, 5) is -0.150. The third-order valence-corrected chi connectivity index (χ3v) is 5.75. The highest BCUT2D eigenvalue weighted by Crippen LogP contribution is 2.38. The van der Waals surface area contributed by atoms with Crippen LogP contribution in [0.15, 0.2) is 28.6 Å². The molecule has 2 rings (SSSR count). The Hall–Kier alpha value is -0.895. The molecule has 0 atom stereocenters. The lowest BCUT2D eigenvalue weighted by Gasteiger charge is -2.32. The quantitative estimate of drug-likeness (QED) is 0.786. The molecule has 24 heavy (non-hydrogen) atoms. The molecule has 3 N–H and O–H groups in total. The second kappa shape index (κ2) is 6.44. The highest BCUT2D eigenvalue weighted by Gasteiger charge is 2.52. The van der Waals surface area contributed by atoms with Crippen molar-refractivity contribution in [2.75, 3.05) is 6.61 Å². The van der Waals surface area contributed by atoms with Crippen LogP contribution in [-0.4, -0.2) is 38.5 Å². The Kier molecular flexibility index (Phi) is 5.21. The molecule has 0 amide bonds. The second-order valence-electron chi connectivity index (χ2n) is 6.70. The fourth-order valence-corrected chi connectivity index (χ4v) is 3.33. The van der Waals surface area contributed by atoms with Gasteiger partial charge in [-0.25, -0.2) is 13.6 Å². The lowest BCUT2D eigenvalue weighted by molar-refractivity contribution is 0.00578. The molecule has 1 aromatic carbocycles. The first-order valence-electron chi connectivity index (χ1n) is 7.37. The summed E-state index contributed by atoms with van der Waals surface area (Å²) in [5, 5.41) is 14.8. The molecular weight excluding hydrogens is 352 g/mol. The van der Waals surface area contributed by atoms with E-state index in [1.54, 1.807) is 12.1 Å². The lowest BCUT2D eigenvalue weighted by atomic mass is 9.77. The molecule has 0 bridgehead atoms. The van der Waals surface area contributed by atoms with E-state index in [1.807, 2.05) is 27.7 Å². The Morgan fingerprint density at radius 1 is 1.29 bits per heavy atom. The topological polar surface area (TPSA) is 98.9 Å². The Morgan fingerprint density at radius 3 is 2.25 bits per heavy atom. The molecule has 0 aliphatic carbocycles. The van der Waals surface area contributed by atoms with Crippen molar-refractivity contribution >= 4 is 34.8 Å². The van der Waals surface area contributed by atoms with E-state index >= 15 is 0 Å². The molecule has 1 fully saturated rings. The number of sulfonamides is 1. The molecular formula is C15H21BClNO5S. The number of primary sulfonamides is 1. The molecule has 132 valence electrons. The van der Waals surface area contributed by atoms with Gasteiger partial charge in [-0.15, -0.1) is 0 Å². The highest BCUT2D eigenvalue weighted by atomic mass is 35.5. The molecule has 0 radical (unpaired) electrons. The van der Waals surface area contributed by atoms with E-state index in [0.29, 0.717) is 11.0 Å². The first-order chi connectivity index (χ1) is 10.9.